The first kappa shape index (κ1) is 26.7. The van der Waals surface area contributed by atoms with Crippen LogP contribution >= 0.6 is 0 Å². The summed E-state index contributed by atoms with van der Waals surface area (Å²) in [6.07, 6.45) is 2.93. The Morgan fingerprint density at radius 1 is 0.974 bits per heavy atom. The van der Waals surface area contributed by atoms with Gasteiger partial charge in [0.1, 0.15) is 0 Å². The van der Waals surface area contributed by atoms with Crippen molar-refractivity contribution in [2.75, 3.05) is 37.7 Å². The molecule has 1 fully saturated rings. The van der Waals surface area contributed by atoms with Crippen LogP contribution in [0, 0.1) is 0 Å². The molecule has 2 heterocycles. The van der Waals surface area contributed by atoms with Crippen LogP contribution in [-0.4, -0.2) is 68.1 Å². The molecule has 0 saturated carbocycles. The minimum absolute atomic E-state index is 0.137. The van der Waals surface area contributed by atoms with Crippen LogP contribution in [0.25, 0.3) is 10.8 Å². The number of anilines is 1. The van der Waals surface area contributed by atoms with Crippen molar-refractivity contribution >= 4 is 32.7 Å². The highest BCUT2D eigenvalue weighted by Gasteiger charge is 2.30. The lowest BCUT2D eigenvalue weighted by atomic mass is 10.1. The number of benzene rings is 3. The molecule has 1 aromatic heterocycles. The van der Waals surface area contributed by atoms with Gasteiger partial charge in [-0.1, -0.05) is 60.7 Å². The summed E-state index contributed by atoms with van der Waals surface area (Å²) in [5.74, 6) is 0.0301. The number of esters is 1. The summed E-state index contributed by atoms with van der Waals surface area (Å²) < 4.78 is 34.4. The maximum atomic E-state index is 13.3. The zero-order valence-corrected chi connectivity index (χ0v) is 22.5. The van der Waals surface area contributed by atoms with Crippen molar-refractivity contribution in [1.29, 1.82) is 0 Å². The quantitative estimate of drug-likeness (QED) is 0.319. The van der Waals surface area contributed by atoms with Crippen molar-refractivity contribution < 1.29 is 17.9 Å². The minimum Gasteiger partial charge on any atom is -0.462 e. The standard InChI is InChI=1S/C29H31N5O4S/c1-2-38-28(35)25-17-30-29(31-18-25)34-15-14-33(20-22-8-4-3-5-9-22)26(21-34)19-32-39(36,37)27-13-12-23-10-6-7-11-24(23)16-27/h3-13,16-18,26,32H,2,14-15,19-21H2,1H3. The molecule has 10 heteroatoms. The summed E-state index contributed by atoms with van der Waals surface area (Å²) in [5, 5.41) is 1.86. The number of hydrogen-bond acceptors (Lipinski definition) is 8. The third-order valence-electron chi connectivity index (χ3n) is 6.81. The van der Waals surface area contributed by atoms with Crippen molar-refractivity contribution in [1.82, 2.24) is 19.6 Å². The largest absolute Gasteiger partial charge is 0.462 e. The molecule has 202 valence electrons. The van der Waals surface area contributed by atoms with Gasteiger partial charge < -0.3 is 9.64 Å². The smallest absolute Gasteiger partial charge is 0.341 e. The van der Waals surface area contributed by atoms with Crippen LogP contribution < -0.4 is 9.62 Å². The van der Waals surface area contributed by atoms with Gasteiger partial charge in [0.05, 0.1) is 17.1 Å². The molecule has 0 aliphatic carbocycles. The molecule has 1 atom stereocenters. The predicted octanol–water partition coefficient (Wildman–Crippen LogP) is 3.48. The zero-order chi connectivity index (χ0) is 27.2. The number of nitrogens with one attached hydrogen (secondary N) is 1. The number of sulfonamides is 1. The van der Waals surface area contributed by atoms with Gasteiger partial charge >= 0.3 is 5.97 Å². The van der Waals surface area contributed by atoms with Crippen molar-refractivity contribution in [2.45, 2.75) is 24.4 Å². The molecular weight excluding hydrogens is 514 g/mol. The summed E-state index contributed by atoms with van der Waals surface area (Å²) in [6, 6.07) is 22.8. The molecule has 0 bridgehead atoms. The van der Waals surface area contributed by atoms with Crippen LogP contribution in [0.3, 0.4) is 0 Å². The van der Waals surface area contributed by atoms with Crippen LogP contribution in [0.5, 0.6) is 0 Å². The molecule has 0 spiro atoms. The Hall–Kier alpha value is -3.86. The van der Waals surface area contributed by atoms with Crippen LogP contribution in [0.15, 0.2) is 90.1 Å². The van der Waals surface area contributed by atoms with Gasteiger partial charge in [0.2, 0.25) is 16.0 Å². The lowest BCUT2D eigenvalue weighted by Crippen LogP contribution is -2.57. The molecule has 9 nitrogen and oxygen atoms in total. The second-order valence-corrected chi connectivity index (χ2v) is 11.2. The van der Waals surface area contributed by atoms with E-state index in [0.717, 1.165) is 16.3 Å². The Balaban J connectivity index is 1.33. The van der Waals surface area contributed by atoms with Crippen molar-refractivity contribution in [2.24, 2.45) is 0 Å². The number of carbonyl (C=O) groups excluding carboxylic acids is 1. The topological polar surface area (TPSA) is 105 Å². The Kier molecular flexibility index (Phi) is 8.16. The molecule has 1 aliphatic heterocycles. The summed E-state index contributed by atoms with van der Waals surface area (Å²) in [7, 11) is -3.73. The van der Waals surface area contributed by atoms with E-state index in [4.69, 9.17) is 4.74 Å². The maximum absolute atomic E-state index is 13.3. The van der Waals surface area contributed by atoms with Crippen molar-refractivity contribution in [3.05, 3.63) is 96.3 Å². The van der Waals surface area contributed by atoms with Gasteiger partial charge in [-0.3, -0.25) is 4.90 Å². The number of piperazine rings is 1. The lowest BCUT2D eigenvalue weighted by molar-refractivity contribution is 0.0525. The van der Waals surface area contributed by atoms with Gasteiger partial charge in [-0.15, -0.1) is 0 Å². The lowest BCUT2D eigenvalue weighted by Gasteiger charge is -2.41. The summed E-state index contributed by atoms with van der Waals surface area (Å²) in [5.41, 5.74) is 1.45. The highest BCUT2D eigenvalue weighted by molar-refractivity contribution is 7.89. The molecule has 39 heavy (non-hydrogen) atoms. The van der Waals surface area contributed by atoms with Crippen LogP contribution in [-0.2, 0) is 21.3 Å². The SMILES string of the molecule is CCOC(=O)c1cnc(N2CCN(Cc3ccccc3)C(CNS(=O)(=O)c3ccc4ccccc4c3)C2)nc1. The fourth-order valence-corrected chi connectivity index (χ4v) is 5.83. The van der Waals surface area contributed by atoms with E-state index in [0.29, 0.717) is 37.7 Å². The van der Waals surface area contributed by atoms with Gasteiger partial charge in [0.25, 0.3) is 0 Å². The Morgan fingerprint density at radius 3 is 2.44 bits per heavy atom. The summed E-state index contributed by atoms with van der Waals surface area (Å²) >= 11 is 0. The normalized spacial score (nSPS) is 16.3. The highest BCUT2D eigenvalue weighted by atomic mass is 32.2. The Morgan fingerprint density at radius 2 is 1.69 bits per heavy atom. The first-order valence-corrected chi connectivity index (χ1v) is 14.4. The monoisotopic (exact) mass is 545 g/mol. The molecule has 1 unspecified atom stereocenters. The molecule has 3 aromatic carbocycles. The van der Waals surface area contributed by atoms with Crippen molar-refractivity contribution in [3.8, 4) is 0 Å². The summed E-state index contributed by atoms with van der Waals surface area (Å²) in [6.45, 7) is 4.82. The van der Waals surface area contributed by atoms with E-state index in [-0.39, 0.29) is 24.1 Å². The fourth-order valence-electron chi connectivity index (χ4n) is 4.72. The second-order valence-electron chi connectivity index (χ2n) is 9.41. The number of aromatic nitrogens is 2. The summed E-state index contributed by atoms with van der Waals surface area (Å²) in [4.78, 5) is 25.3. The molecule has 5 rings (SSSR count). The van der Waals surface area contributed by atoms with E-state index in [9.17, 15) is 13.2 Å². The Labute approximate surface area is 228 Å². The molecular formula is C29H31N5O4S. The Bertz CT molecular complexity index is 1530. The number of carbonyl (C=O) groups is 1. The number of fused-ring (bicyclic) bond motifs is 1. The van der Waals surface area contributed by atoms with Gasteiger partial charge in [0.15, 0.2) is 0 Å². The third-order valence-corrected chi connectivity index (χ3v) is 8.23. The second kappa shape index (κ2) is 11.9. The van der Waals surface area contributed by atoms with E-state index < -0.39 is 16.0 Å². The molecule has 1 aliphatic rings. The van der Waals surface area contributed by atoms with E-state index in [1.54, 1.807) is 19.1 Å². The third kappa shape index (κ3) is 6.42. The van der Waals surface area contributed by atoms with Crippen LogP contribution in [0.2, 0.25) is 0 Å². The molecule has 0 amide bonds. The van der Waals surface area contributed by atoms with Gasteiger partial charge in [0, 0.05) is 51.2 Å². The number of nitrogens with zero attached hydrogens (tertiary/aromatic N) is 4. The zero-order valence-electron chi connectivity index (χ0n) is 21.7. The van der Waals surface area contributed by atoms with E-state index >= 15 is 0 Å². The van der Waals surface area contributed by atoms with Gasteiger partial charge in [-0.05, 0) is 35.4 Å². The average molecular weight is 546 g/mol. The van der Waals surface area contributed by atoms with Crippen molar-refractivity contribution in [3.63, 3.8) is 0 Å². The number of ether oxygens (including phenoxy) is 1. The van der Waals surface area contributed by atoms with Crippen LogP contribution in [0.4, 0.5) is 5.95 Å². The van der Waals surface area contributed by atoms with E-state index in [1.807, 2.05) is 53.4 Å². The maximum Gasteiger partial charge on any atom is 0.341 e. The first-order valence-electron chi connectivity index (χ1n) is 12.9. The number of rotatable bonds is 9. The minimum atomic E-state index is -3.73. The fraction of sp³-hybridized carbons (Fsp3) is 0.276. The number of hydrogen-bond donors (Lipinski definition) is 1. The van der Waals surface area contributed by atoms with E-state index in [2.05, 4.69) is 31.7 Å². The molecule has 4 aromatic rings. The highest BCUT2D eigenvalue weighted by Crippen LogP contribution is 2.21. The first-order chi connectivity index (χ1) is 18.9. The molecule has 1 N–H and O–H groups in total. The van der Waals surface area contributed by atoms with Crippen LogP contribution in [0.1, 0.15) is 22.8 Å². The van der Waals surface area contributed by atoms with Gasteiger partial charge in [-0.25, -0.2) is 27.9 Å². The molecule has 0 radical (unpaired) electrons. The predicted molar refractivity (Wildman–Crippen MR) is 150 cm³/mol. The van der Waals surface area contributed by atoms with Gasteiger partial charge in [-0.2, -0.15) is 0 Å². The van der Waals surface area contributed by atoms with E-state index in [1.165, 1.54) is 12.4 Å². The molecule has 1 saturated heterocycles. The average Bonchev–Trinajstić information content (AvgIpc) is 2.97.